The first-order chi connectivity index (χ1) is 10.6. The van der Waals surface area contributed by atoms with Crippen LogP contribution in [0.4, 0.5) is 0 Å². The predicted octanol–water partition coefficient (Wildman–Crippen LogP) is 6.02. The molecule has 1 aliphatic rings. The van der Waals surface area contributed by atoms with Gasteiger partial charge in [0.2, 0.25) is 0 Å². The second-order valence-electron chi connectivity index (χ2n) is 5.82. The van der Waals surface area contributed by atoms with Crippen molar-refractivity contribution in [2.24, 2.45) is 0 Å². The first-order valence-corrected chi connectivity index (χ1v) is 8.88. The summed E-state index contributed by atoms with van der Waals surface area (Å²) >= 11 is 0. The number of pyridine rings is 1. The number of allylic oxidation sites excluding steroid dienone is 1. The van der Waals surface area contributed by atoms with Crippen LogP contribution in [0.5, 0.6) is 0 Å². The molecule has 1 aromatic heterocycles. The van der Waals surface area contributed by atoms with Crippen molar-refractivity contribution in [2.45, 2.75) is 78.8 Å². The van der Waals surface area contributed by atoms with Gasteiger partial charge >= 0.3 is 0 Å². The van der Waals surface area contributed by atoms with Gasteiger partial charge in [0.25, 0.3) is 0 Å². The lowest BCUT2D eigenvalue weighted by atomic mass is 9.90. The average molecular weight is 305 g/mol. The number of aromatic nitrogens is 1. The Balaban J connectivity index is 0.000000789. The van der Waals surface area contributed by atoms with Crippen molar-refractivity contribution in [1.29, 1.82) is 0 Å². The van der Waals surface area contributed by atoms with Crippen LogP contribution in [0.3, 0.4) is 0 Å². The van der Waals surface area contributed by atoms with E-state index in [0.717, 1.165) is 0 Å². The van der Waals surface area contributed by atoms with E-state index in [1.165, 1.54) is 43.2 Å². The molecular formula is C20H36N2. The fourth-order valence-corrected chi connectivity index (χ4v) is 2.59. The molecule has 1 atom stereocenters. The van der Waals surface area contributed by atoms with E-state index in [4.69, 9.17) is 0 Å². The summed E-state index contributed by atoms with van der Waals surface area (Å²) in [7, 11) is 2.23. The molecule has 0 aromatic carbocycles. The normalized spacial score (nSPS) is 16.2. The monoisotopic (exact) mass is 304 g/mol. The fourth-order valence-electron chi connectivity index (χ4n) is 2.59. The van der Waals surface area contributed by atoms with Gasteiger partial charge in [-0.3, -0.25) is 9.88 Å². The van der Waals surface area contributed by atoms with Gasteiger partial charge in [0.15, 0.2) is 0 Å². The van der Waals surface area contributed by atoms with Crippen LogP contribution >= 0.6 is 0 Å². The summed E-state index contributed by atoms with van der Waals surface area (Å²) in [6, 6.07) is 5.31. The van der Waals surface area contributed by atoms with E-state index in [9.17, 15) is 0 Å². The van der Waals surface area contributed by atoms with Crippen molar-refractivity contribution >= 4 is 0 Å². The van der Waals surface area contributed by atoms with Crippen LogP contribution in [0.25, 0.3) is 0 Å². The Morgan fingerprint density at radius 1 is 1.27 bits per heavy atom. The Morgan fingerprint density at radius 3 is 2.27 bits per heavy atom. The highest BCUT2D eigenvalue weighted by Gasteiger charge is 2.23. The molecule has 126 valence electrons. The van der Waals surface area contributed by atoms with Crippen LogP contribution in [0.2, 0.25) is 0 Å². The molecule has 2 nitrogen and oxygen atoms in total. The SMILES string of the molecule is C=C1CCC(N(C)C(C)c2cccnc2)CC1.CC.CCC. The number of hydrogen-bond acceptors (Lipinski definition) is 2. The largest absolute Gasteiger partial charge is 0.297 e. The minimum atomic E-state index is 0.445. The van der Waals surface area contributed by atoms with Crippen molar-refractivity contribution in [3.05, 3.63) is 42.2 Å². The molecule has 0 saturated heterocycles. The van der Waals surface area contributed by atoms with Crippen LogP contribution < -0.4 is 0 Å². The van der Waals surface area contributed by atoms with Gasteiger partial charge in [0.05, 0.1) is 0 Å². The summed E-state index contributed by atoms with van der Waals surface area (Å²) in [5, 5.41) is 0. The van der Waals surface area contributed by atoms with Gasteiger partial charge in [-0.15, -0.1) is 0 Å². The molecule has 1 aliphatic carbocycles. The molecule has 0 aliphatic heterocycles. The highest BCUT2D eigenvalue weighted by atomic mass is 15.2. The Morgan fingerprint density at radius 2 is 1.82 bits per heavy atom. The summed E-state index contributed by atoms with van der Waals surface area (Å²) in [6.07, 6.45) is 9.94. The van der Waals surface area contributed by atoms with Gasteiger partial charge in [-0.2, -0.15) is 0 Å². The predicted molar refractivity (Wildman–Crippen MR) is 99.1 cm³/mol. The molecule has 2 rings (SSSR count). The fraction of sp³-hybridized carbons (Fsp3) is 0.650. The van der Waals surface area contributed by atoms with Gasteiger partial charge in [-0.1, -0.05) is 52.3 Å². The minimum Gasteiger partial charge on any atom is -0.297 e. The molecule has 0 N–H and O–H groups in total. The lowest BCUT2D eigenvalue weighted by molar-refractivity contribution is 0.157. The van der Waals surface area contributed by atoms with Gasteiger partial charge in [-0.25, -0.2) is 0 Å². The van der Waals surface area contributed by atoms with Crippen molar-refractivity contribution in [2.75, 3.05) is 7.05 Å². The first-order valence-electron chi connectivity index (χ1n) is 8.88. The Bertz CT molecular complexity index is 376. The molecule has 1 fully saturated rings. The standard InChI is InChI=1S/C15H22N2.C3H8.C2H6/c1-12-6-8-15(9-7-12)17(3)13(2)14-5-4-10-16-11-14;1-3-2;1-2/h4-5,10-11,13,15H,1,6-9H2,2-3H3;3H2,1-2H3;1-2H3. The molecule has 0 amide bonds. The summed E-state index contributed by atoms with van der Waals surface area (Å²) in [4.78, 5) is 6.69. The summed E-state index contributed by atoms with van der Waals surface area (Å²) in [5.41, 5.74) is 2.73. The maximum atomic E-state index is 4.20. The Labute approximate surface area is 138 Å². The van der Waals surface area contributed by atoms with Crippen molar-refractivity contribution in [3.63, 3.8) is 0 Å². The van der Waals surface area contributed by atoms with E-state index in [2.05, 4.69) is 50.3 Å². The van der Waals surface area contributed by atoms with Crippen molar-refractivity contribution < 1.29 is 0 Å². The zero-order valence-corrected chi connectivity index (χ0v) is 15.6. The maximum Gasteiger partial charge on any atom is 0.0335 e. The number of nitrogens with zero attached hydrogens (tertiary/aromatic N) is 2. The summed E-state index contributed by atoms with van der Waals surface area (Å²) < 4.78 is 0. The molecule has 1 saturated carbocycles. The highest BCUT2D eigenvalue weighted by Crippen LogP contribution is 2.29. The molecule has 0 spiro atoms. The molecule has 1 aromatic rings. The van der Waals surface area contributed by atoms with E-state index in [-0.39, 0.29) is 0 Å². The second-order valence-corrected chi connectivity index (χ2v) is 5.82. The van der Waals surface area contributed by atoms with E-state index >= 15 is 0 Å². The van der Waals surface area contributed by atoms with E-state index in [1.54, 1.807) is 0 Å². The first kappa shape index (κ1) is 20.9. The molecule has 2 heteroatoms. The van der Waals surface area contributed by atoms with E-state index < -0.39 is 0 Å². The van der Waals surface area contributed by atoms with Gasteiger partial charge in [0, 0.05) is 24.5 Å². The molecule has 1 heterocycles. The van der Waals surface area contributed by atoms with Gasteiger partial charge in [0.1, 0.15) is 0 Å². The smallest absolute Gasteiger partial charge is 0.0335 e. The van der Waals surface area contributed by atoms with Crippen LogP contribution in [0.1, 0.15) is 78.3 Å². The maximum absolute atomic E-state index is 4.20. The molecule has 0 radical (unpaired) electrons. The Kier molecular flexibility index (Phi) is 11.8. The van der Waals surface area contributed by atoms with Gasteiger partial charge in [-0.05, 0) is 51.3 Å². The third-order valence-corrected chi connectivity index (χ3v) is 4.02. The van der Waals surface area contributed by atoms with E-state index in [1.807, 2.05) is 32.3 Å². The molecular weight excluding hydrogens is 268 g/mol. The second kappa shape index (κ2) is 12.4. The Hall–Kier alpha value is -1.15. The third-order valence-electron chi connectivity index (χ3n) is 4.02. The minimum absolute atomic E-state index is 0.445. The average Bonchev–Trinajstić information content (AvgIpc) is 2.57. The lowest BCUT2D eigenvalue weighted by Crippen LogP contribution is -2.35. The topological polar surface area (TPSA) is 16.1 Å². The highest BCUT2D eigenvalue weighted by molar-refractivity contribution is 5.13. The van der Waals surface area contributed by atoms with Crippen LogP contribution in [-0.4, -0.2) is 23.0 Å². The van der Waals surface area contributed by atoms with Crippen LogP contribution in [-0.2, 0) is 0 Å². The molecule has 1 unspecified atom stereocenters. The lowest BCUT2D eigenvalue weighted by Gasteiger charge is -2.36. The van der Waals surface area contributed by atoms with Crippen LogP contribution in [0, 0.1) is 0 Å². The van der Waals surface area contributed by atoms with Gasteiger partial charge < -0.3 is 0 Å². The van der Waals surface area contributed by atoms with Crippen molar-refractivity contribution in [3.8, 4) is 0 Å². The molecule has 0 bridgehead atoms. The van der Waals surface area contributed by atoms with Crippen molar-refractivity contribution in [1.82, 2.24) is 9.88 Å². The number of rotatable bonds is 3. The third kappa shape index (κ3) is 7.22. The zero-order valence-electron chi connectivity index (χ0n) is 15.6. The summed E-state index contributed by atoms with van der Waals surface area (Å²) in [5.74, 6) is 0. The summed E-state index contributed by atoms with van der Waals surface area (Å²) in [6.45, 7) is 14.6. The molecule has 22 heavy (non-hydrogen) atoms. The van der Waals surface area contributed by atoms with Crippen LogP contribution in [0.15, 0.2) is 36.7 Å². The zero-order chi connectivity index (χ0) is 17.0. The number of hydrogen-bond donors (Lipinski definition) is 0. The quantitative estimate of drug-likeness (QED) is 0.635. The van der Waals surface area contributed by atoms with E-state index in [0.29, 0.717) is 12.1 Å².